The van der Waals surface area contributed by atoms with Crippen LogP contribution in [0.5, 0.6) is 5.75 Å². The van der Waals surface area contributed by atoms with Crippen molar-refractivity contribution >= 4 is 0 Å². The van der Waals surface area contributed by atoms with Gasteiger partial charge >= 0.3 is 0 Å². The van der Waals surface area contributed by atoms with E-state index in [1.165, 1.54) is 12.8 Å². The molecule has 0 radical (unpaired) electrons. The van der Waals surface area contributed by atoms with E-state index in [9.17, 15) is 0 Å². The van der Waals surface area contributed by atoms with Crippen LogP contribution >= 0.6 is 0 Å². The first-order valence-electron chi connectivity index (χ1n) is 6.38. The highest BCUT2D eigenvalue weighted by molar-refractivity contribution is 5.38. The third-order valence-electron chi connectivity index (χ3n) is 2.74. The number of hydrogen-bond donors (Lipinski definition) is 1. The molecule has 18 heavy (non-hydrogen) atoms. The molecule has 0 amide bonds. The highest BCUT2D eigenvalue weighted by Gasteiger charge is 2.20. The predicted molar refractivity (Wildman–Crippen MR) is 71.4 cm³/mol. The van der Waals surface area contributed by atoms with Crippen molar-refractivity contribution in [2.45, 2.75) is 12.8 Å². The second-order valence-electron chi connectivity index (χ2n) is 4.40. The van der Waals surface area contributed by atoms with Crippen LogP contribution in [-0.2, 0) is 4.74 Å². The summed E-state index contributed by atoms with van der Waals surface area (Å²) in [6, 6.07) is 7.70. The monoisotopic (exact) mass is 245 g/mol. The summed E-state index contributed by atoms with van der Waals surface area (Å²) in [6.07, 6.45) is 2.65. The largest absolute Gasteiger partial charge is 0.491 e. The van der Waals surface area contributed by atoms with E-state index in [2.05, 4.69) is 11.8 Å². The molecule has 1 fully saturated rings. The third-order valence-corrected chi connectivity index (χ3v) is 2.74. The van der Waals surface area contributed by atoms with Gasteiger partial charge in [-0.05, 0) is 43.0 Å². The van der Waals surface area contributed by atoms with Crippen LogP contribution < -0.4 is 10.5 Å². The van der Waals surface area contributed by atoms with Crippen molar-refractivity contribution in [2.75, 3.05) is 26.4 Å². The van der Waals surface area contributed by atoms with Crippen LogP contribution in [0.1, 0.15) is 18.4 Å². The molecule has 2 rings (SSSR count). The molecule has 0 aromatic heterocycles. The van der Waals surface area contributed by atoms with Crippen LogP contribution in [0.25, 0.3) is 0 Å². The van der Waals surface area contributed by atoms with Gasteiger partial charge in [0.2, 0.25) is 0 Å². The van der Waals surface area contributed by atoms with Crippen molar-refractivity contribution in [3.63, 3.8) is 0 Å². The van der Waals surface area contributed by atoms with E-state index < -0.39 is 0 Å². The topological polar surface area (TPSA) is 44.5 Å². The van der Waals surface area contributed by atoms with Crippen molar-refractivity contribution in [2.24, 2.45) is 11.7 Å². The fourth-order valence-corrected chi connectivity index (χ4v) is 1.54. The van der Waals surface area contributed by atoms with Gasteiger partial charge in [0.05, 0.1) is 13.2 Å². The Kier molecular flexibility index (Phi) is 5.07. The Hall–Kier alpha value is -1.50. The van der Waals surface area contributed by atoms with Crippen LogP contribution in [0.15, 0.2) is 24.3 Å². The van der Waals surface area contributed by atoms with Gasteiger partial charge in [-0.15, -0.1) is 0 Å². The Morgan fingerprint density at radius 1 is 1.17 bits per heavy atom. The van der Waals surface area contributed by atoms with Gasteiger partial charge < -0.3 is 15.2 Å². The molecule has 0 heterocycles. The number of benzene rings is 1. The average Bonchev–Trinajstić information content (AvgIpc) is 3.21. The molecule has 1 saturated carbocycles. The molecule has 96 valence electrons. The summed E-state index contributed by atoms with van der Waals surface area (Å²) in [7, 11) is 0. The standard InChI is InChI=1S/C15H19NO2/c16-9-1-2-13-5-7-15(8-6-13)18-11-10-17-12-14-3-4-14/h5-8,14H,3-4,9-12,16H2. The lowest BCUT2D eigenvalue weighted by Gasteiger charge is -2.06. The summed E-state index contributed by atoms with van der Waals surface area (Å²) < 4.78 is 11.1. The van der Waals surface area contributed by atoms with Crippen molar-refractivity contribution in [1.29, 1.82) is 0 Å². The van der Waals surface area contributed by atoms with E-state index in [0.29, 0.717) is 19.8 Å². The molecular formula is C15H19NO2. The van der Waals surface area contributed by atoms with Gasteiger partial charge in [-0.3, -0.25) is 0 Å². The van der Waals surface area contributed by atoms with E-state index in [4.69, 9.17) is 15.2 Å². The maximum Gasteiger partial charge on any atom is 0.119 e. The smallest absolute Gasteiger partial charge is 0.119 e. The van der Waals surface area contributed by atoms with Gasteiger partial charge in [0.25, 0.3) is 0 Å². The molecule has 0 spiro atoms. The van der Waals surface area contributed by atoms with Crippen LogP contribution in [0, 0.1) is 17.8 Å². The Morgan fingerprint density at radius 2 is 1.94 bits per heavy atom. The molecule has 0 atom stereocenters. The Bertz CT molecular complexity index is 412. The highest BCUT2D eigenvalue weighted by atomic mass is 16.5. The maximum absolute atomic E-state index is 5.57. The maximum atomic E-state index is 5.57. The van der Waals surface area contributed by atoms with Crippen LogP contribution in [-0.4, -0.2) is 26.4 Å². The zero-order chi connectivity index (χ0) is 12.6. The molecule has 2 N–H and O–H groups in total. The van der Waals surface area contributed by atoms with E-state index in [1.807, 2.05) is 24.3 Å². The Labute approximate surface area is 108 Å². The van der Waals surface area contributed by atoms with Crippen LogP contribution in [0.3, 0.4) is 0 Å². The zero-order valence-corrected chi connectivity index (χ0v) is 10.5. The third kappa shape index (κ3) is 4.79. The second-order valence-corrected chi connectivity index (χ2v) is 4.40. The summed E-state index contributed by atoms with van der Waals surface area (Å²) in [5.74, 6) is 7.45. The molecule has 3 heteroatoms. The van der Waals surface area contributed by atoms with Crippen LogP contribution in [0.2, 0.25) is 0 Å². The summed E-state index contributed by atoms with van der Waals surface area (Å²) >= 11 is 0. The molecule has 1 aromatic carbocycles. The molecule has 0 bridgehead atoms. The lowest BCUT2D eigenvalue weighted by atomic mass is 10.2. The first-order chi connectivity index (χ1) is 8.88. The van der Waals surface area contributed by atoms with E-state index in [-0.39, 0.29) is 0 Å². The number of nitrogens with two attached hydrogens (primary N) is 1. The molecule has 1 aliphatic rings. The lowest BCUT2D eigenvalue weighted by molar-refractivity contribution is 0.0927. The number of rotatable bonds is 6. The molecule has 3 nitrogen and oxygen atoms in total. The predicted octanol–water partition coefficient (Wildman–Crippen LogP) is 1.80. The van der Waals surface area contributed by atoms with E-state index >= 15 is 0 Å². The van der Waals surface area contributed by atoms with Crippen LogP contribution in [0.4, 0.5) is 0 Å². The van der Waals surface area contributed by atoms with Gasteiger partial charge in [-0.2, -0.15) is 0 Å². The van der Waals surface area contributed by atoms with Crippen molar-refractivity contribution in [3.8, 4) is 17.6 Å². The fourth-order valence-electron chi connectivity index (χ4n) is 1.54. The van der Waals surface area contributed by atoms with Gasteiger partial charge in [0.15, 0.2) is 0 Å². The van der Waals surface area contributed by atoms with E-state index in [1.54, 1.807) is 0 Å². The Morgan fingerprint density at radius 3 is 2.61 bits per heavy atom. The number of hydrogen-bond acceptors (Lipinski definition) is 3. The Balaban J connectivity index is 1.65. The molecule has 0 unspecified atom stereocenters. The summed E-state index contributed by atoms with van der Waals surface area (Å²) in [4.78, 5) is 0. The summed E-state index contributed by atoms with van der Waals surface area (Å²) in [5, 5.41) is 0. The minimum absolute atomic E-state index is 0.386. The first-order valence-corrected chi connectivity index (χ1v) is 6.38. The SMILES string of the molecule is NCC#Cc1ccc(OCCOCC2CC2)cc1. The molecule has 1 aromatic rings. The number of ether oxygens (including phenoxy) is 2. The quantitative estimate of drug-likeness (QED) is 0.614. The lowest BCUT2D eigenvalue weighted by Crippen LogP contribution is -2.08. The minimum atomic E-state index is 0.386. The first kappa shape index (κ1) is 12.9. The summed E-state index contributed by atoms with van der Waals surface area (Å²) in [6.45, 7) is 2.53. The van der Waals surface area contributed by atoms with Crippen molar-refractivity contribution < 1.29 is 9.47 Å². The normalized spacial score (nSPS) is 13.8. The fraction of sp³-hybridized carbons (Fsp3) is 0.467. The van der Waals surface area contributed by atoms with Crippen molar-refractivity contribution in [1.82, 2.24) is 0 Å². The van der Waals surface area contributed by atoms with Gasteiger partial charge in [0.1, 0.15) is 12.4 Å². The molecular weight excluding hydrogens is 226 g/mol. The van der Waals surface area contributed by atoms with Gasteiger partial charge in [-0.1, -0.05) is 11.8 Å². The second kappa shape index (κ2) is 7.05. The molecule has 0 saturated heterocycles. The highest BCUT2D eigenvalue weighted by Crippen LogP contribution is 2.28. The van der Waals surface area contributed by atoms with E-state index in [0.717, 1.165) is 23.8 Å². The van der Waals surface area contributed by atoms with Gasteiger partial charge in [-0.25, -0.2) is 0 Å². The summed E-state index contributed by atoms with van der Waals surface area (Å²) in [5.41, 5.74) is 6.27. The molecule has 0 aliphatic heterocycles. The molecule has 1 aliphatic carbocycles. The minimum Gasteiger partial charge on any atom is -0.491 e. The average molecular weight is 245 g/mol. The zero-order valence-electron chi connectivity index (χ0n) is 10.5. The van der Waals surface area contributed by atoms with Gasteiger partial charge in [0, 0.05) is 12.2 Å². The van der Waals surface area contributed by atoms with Crippen molar-refractivity contribution in [3.05, 3.63) is 29.8 Å².